The Kier molecular flexibility index (Phi) is 6.61. The van der Waals surface area contributed by atoms with E-state index in [-0.39, 0.29) is 30.5 Å². The first-order valence-electron chi connectivity index (χ1n) is 10.0. The number of thiophene rings is 1. The summed E-state index contributed by atoms with van der Waals surface area (Å²) in [5, 5.41) is 1.26. The van der Waals surface area contributed by atoms with Crippen LogP contribution in [-0.4, -0.2) is 44.3 Å². The Balaban J connectivity index is 1.59. The Bertz CT molecular complexity index is 1330. The van der Waals surface area contributed by atoms with Gasteiger partial charge in [-0.25, -0.2) is 24.5 Å². The van der Waals surface area contributed by atoms with Crippen LogP contribution in [0, 0.1) is 6.92 Å². The van der Waals surface area contributed by atoms with Crippen molar-refractivity contribution in [3.05, 3.63) is 58.5 Å². The van der Waals surface area contributed by atoms with Gasteiger partial charge in [-0.3, -0.25) is 4.57 Å². The second-order valence-corrected chi connectivity index (χ2v) is 8.63. The number of nitrogens with zero attached hydrogens (tertiary/aromatic N) is 4. The highest BCUT2D eigenvalue weighted by molar-refractivity contribution is 7.98. The van der Waals surface area contributed by atoms with Crippen molar-refractivity contribution < 1.29 is 19.1 Å². The van der Waals surface area contributed by atoms with Crippen LogP contribution in [0.25, 0.3) is 15.9 Å². The van der Waals surface area contributed by atoms with Crippen LogP contribution in [-0.2, 0) is 16.1 Å². The van der Waals surface area contributed by atoms with Gasteiger partial charge in [0.15, 0.2) is 23.3 Å². The fraction of sp³-hybridized carbons (Fsp3) is 0.227. The third-order valence-electron chi connectivity index (χ3n) is 4.79. The number of imidazole rings is 1. The molecule has 4 rings (SSSR count). The predicted octanol–water partition coefficient (Wildman–Crippen LogP) is 4.02. The fourth-order valence-corrected chi connectivity index (χ4v) is 4.97. The van der Waals surface area contributed by atoms with Gasteiger partial charge in [0.1, 0.15) is 15.5 Å². The average molecular weight is 484 g/mol. The molecule has 0 unspecified atom stereocenters. The predicted molar refractivity (Wildman–Crippen MR) is 127 cm³/mol. The van der Waals surface area contributed by atoms with Crippen molar-refractivity contribution in [2.75, 3.05) is 18.6 Å². The Morgan fingerprint density at radius 3 is 2.61 bits per heavy atom. The number of aromatic nitrogens is 4. The summed E-state index contributed by atoms with van der Waals surface area (Å²) < 4.78 is 12.3. The third kappa shape index (κ3) is 4.41. The van der Waals surface area contributed by atoms with Crippen molar-refractivity contribution in [2.45, 2.75) is 25.6 Å². The van der Waals surface area contributed by atoms with E-state index in [1.165, 1.54) is 29.3 Å². The van der Waals surface area contributed by atoms with Gasteiger partial charge in [-0.1, -0.05) is 30.0 Å². The molecule has 0 spiro atoms. The van der Waals surface area contributed by atoms with Crippen LogP contribution in [0.3, 0.4) is 0 Å². The number of nitrogen functional groups attached to an aromatic ring is 1. The molecule has 0 radical (unpaired) electrons. The maximum absolute atomic E-state index is 12.9. The van der Waals surface area contributed by atoms with Gasteiger partial charge in [0, 0.05) is 5.69 Å². The summed E-state index contributed by atoms with van der Waals surface area (Å²) in [5.74, 6) is -0.539. The number of para-hydroxylation sites is 1. The molecule has 2 N–H and O–H groups in total. The molecule has 0 aliphatic heterocycles. The van der Waals surface area contributed by atoms with Crippen molar-refractivity contribution in [3.8, 4) is 5.69 Å². The van der Waals surface area contributed by atoms with Gasteiger partial charge in [-0.2, -0.15) is 0 Å². The molecule has 0 atom stereocenters. The number of nitrogens with two attached hydrogens (primary N) is 1. The van der Waals surface area contributed by atoms with E-state index in [2.05, 4.69) is 15.0 Å². The van der Waals surface area contributed by atoms with Crippen LogP contribution < -0.4 is 5.73 Å². The molecule has 0 saturated carbocycles. The van der Waals surface area contributed by atoms with E-state index in [0.717, 1.165) is 5.69 Å². The second-order valence-electron chi connectivity index (χ2n) is 6.86. The quantitative estimate of drug-likeness (QED) is 0.307. The van der Waals surface area contributed by atoms with Crippen molar-refractivity contribution in [3.63, 3.8) is 0 Å². The van der Waals surface area contributed by atoms with E-state index in [4.69, 9.17) is 15.2 Å². The molecule has 0 saturated heterocycles. The largest absolute Gasteiger partial charge is 0.462 e. The lowest BCUT2D eigenvalue weighted by Crippen LogP contribution is -2.13. The normalized spacial score (nSPS) is 11.0. The zero-order chi connectivity index (χ0) is 23.5. The Morgan fingerprint density at radius 2 is 1.91 bits per heavy atom. The first-order valence-corrected chi connectivity index (χ1v) is 12.1. The number of esters is 2. The standard InChI is InChI=1S/C22H21N5O4S2/c1-4-30-21(29)17-12(2)16-18(23)25-15(26-19(16)33-17)11-31-20(28)14-10-24-22(32-3)27(14)13-8-6-5-7-9-13/h5-10H,4,11H2,1-3H3,(H2,23,25,26). The molecule has 4 aromatic rings. The van der Waals surface area contributed by atoms with Crippen LogP contribution in [0.5, 0.6) is 0 Å². The van der Waals surface area contributed by atoms with E-state index < -0.39 is 11.9 Å². The van der Waals surface area contributed by atoms with Gasteiger partial charge in [0.2, 0.25) is 0 Å². The van der Waals surface area contributed by atoms with E-state index >= 15 is 0 Å². The van der Waals surface area contributed by atoms with E-state index in [1.807, 2.05) is 36.6 Å². The Morgan fingerprint density at radius 1 is 1.15 bits per heavy atom. The van der Waals surface area contributed by atoms with Crippen molar-refractivity contribution >= 4 is 51.1 Å². The minimum atomic E-state index is -0.566. The number of thioether (sulfide) groups is 1. The summed E-state index contributed by atoms with van der Waals surface area (Å²) in [6, 6.07) is 9.43. The summed E-state index contributed by atoms with van der Waals surface area (Å²) in [6.07, 6.45) is 3.37. The van der Waals surface area contributed by atoms with Crippen molar-refractivity contribution in [1.29, 1.82) is 0 Å². The van der Waals surface area contributed by atoms with Crippen LogP contribution in [0.15, 0.2) is 41.7 Å². The summed E-state index contributed by atoms with van der Waals surface area (Å²) in [6.45, 7) is 3.61. The topological polar surface area (TPSA) is 122 Å². The lowest BCUT2D eigenvalue weighted by molar-refractivity contribution is 0.0451. The molecule has 0 aliphatic rings. The van der Waals surface area contributed by atoms with E-state index in [0.29, 0.717) is 25.8 Å². The Labute approximate surface area is 198 Å². The summed E-state index contributed by atoms with van der Waals surface area (Å²) in [4.78, 5) is 39.1. The number of rotatable bonds is 7. The van der Waals surface area contributed by atoms with Crippen LogP contribution in [0.2, 0.25) is 0 Å². The Hall–Kier alpha value is -3.44. The minimum Gasteiger partial charge on any atom is -0.462 e. The molecule has 0 amide bonds. The summed E-state index contributed by atoms with van der Waals surface area (Å²) in [5.41, 5.74) is 7.89. The molecule has 3 heterocycles. The van der Waals surface area contributed by atoms with E-state index in [9.17, 15) is 9.59 Å². The maximum atomic E-state index is 12.9. The first kappa shape index (κ1) is 22.7. The maximum Gasteiger partial charge on any atom is 0.357 e. The number of hydrogen-bond acceptors (Lipinski definition) is 10. The van der Waals surface area contributed by atoms with Gasteiger partial charge < -0.3 is 15.2 Å². The van der Waals surface area contributed by atoms with Crippen LogP contribution in [0.1, 0.15) is 38.5 Å². The zero-order valence-corrected chi connectivity index (χ0v) is 19.8. The molecular formula is C22H21N5O4S2. The minimum absolute atomic E-state index is 0.181. The van der Waals surface area contributed by atoms with Gasteiger partial charge in [-0.05, 0) is 37.8 Å². The fourth-order valence-electron chi connectivity index (χ4n) is 3.33. The summed E-state index contributed by atoms with van der Waals surface area (Å²) in [7, 11) is 0. The second kappa shape index (κ2) is 9.59. The lowest BCUT2D eigenvalue weighted by atomic mass is 10.2. The highest BCUT2D eigenvalue weighted by Gasteiger charge is 2.22. The number of benzene rings is 1. The molecule has 11 heteroatoms. The third-order valence-corrected chi connectivity index (χ3v) is 6.61. The van der Waals surface area contributed by atoms with Gasteiger partial charge in [0.05, 0.1) is 18.2 Å². The van der Waals surface area contributed by atoms with E-state index in [1.54, 1.807) is 18.4 Å². The zero-order valence-electron chi connectivity index (χ0n) is 18.2. The monoisotopic (exact) mass is 483 g/mol. The molecule has 3 aromatic heterocycles. The summed E-state index contributed by atoms with van der Waals surface area (Å²) >= 11 is 2.60. The number of aryl methyl sites for hydroxylation is 1. The molecule has 0 fully saturated rings. The average Bonchev–Trinajstić information content (AvgIpc) is 3.39. The molecule has 0 aliphatic carbocycles. The van der Waals surface area contributed by atoms with Crippen LogP contribution >= 0.6 is 23.1 Å². The number of carbonyl (C=O) groups is 2. The van der Waals surface area contributed by atoms with Gasteiger partial charge >= 0.3 is 11.9 Å². The highest BCUT2D eigenvalue weighted by atomic mass is 32.2. The van der Waals surface area contributed by atoms with Gasteiger partial charge in [-0.15, -0.1) is 11.3 Å². The molecular weight excluding hydrogens is 462 g/mol. The van der Waals surface area contributed by atoms with Crippen molar-refractivity contribution in [2.24, 2.45) is 0 Å². The smallest absolute Gasteiger partial charge is 0.357 e. The molecule has 170 valence electrons. The molecule has 9 nitrogen and oxygen atoms in total. The lowest BCUT2D eigenvalue weighted by Gasteiger charge is -2.10. The number of carbonyl (C=O) groups excluding carboxylic acids is 2. The number of ether oxygens (including phenoxy) is 2. The number of fused-ring (bicyclic) bond motifs is 1. The molecule has 0 bridgehead atoms. The number of hydrogen-bond donors (Lipinski definition) is 1. The number of anilines is 1. The first-order chi connectivity index (χ1) is 15.9. The van der Waals surface area contributed by atoms with Crippen molar-refractivity contribution in [1.82, 2.24) is 19.5 Å². The molecule has 33 heavy (non-hydrogen) atoms. The van der Waals surface area contributed by atoms with Gasteiger partial charge in [0.25, 0.3) is 0 Å². The highest BCUT2D eigenvalue weighted by Crippen LogP contribution is 2.33. The SMILES string of the molecule is CCOC(=O)c1sc2nc(COC(=O)c3cnc(SC)n3-c3ccccc3)nc(N)c2c1C. The van der Waals surface area contributed by atoms with Crippen LogP contribution in [0.4, 0.5) is 5.82 Å². The molecule has 1 aromatic carbocycles.